The molecular weight excluding hydrogens is 254 g/mol. The van der Waals surface area contributed by atoms with Crippen LogP contribution in [0.1, 0.15) is 30.4 Å². The van der Waals surface area contributed by atoms with Crippen LogP contribution in [0.5, 0.6) is 11.5 Å². The third-order valence-electron chi connectivity index (χ3n) is 6.10. The van der Waals surface area contributed by atoms with Crippen molar-refractivity contribution in [3.8, 4) is 11.5 Å². The number of phenols is 1. The third kappa shape index (κ3) is 1.09. The first-order chi connectivity index (χ1) is 9.72. The number of ether oxygens (including phenoxy) is 1. The highest BCUT2D eigenvalue weighted by Crippen LogP contribution is 2.62. The van der Waals surface area contributed by atoms with E-state index < -0.39 is 6.10 Å². The first kappa shape index (κ1) is 11.4. The monoisotopic (exact) mass is 273 g/mol. The van der Waals surface area contributed by atoms with Gasteiger partial charge in [0.15, 0.2) is 11.5 Å². The lowest BCUT2D eigenvalue weighted by Gasteiger charge is -2.56. The van der Waals surface area contributed by atoms with Crippen molar-refractivity contribution < 1.29 is 14.9 Å². The Hall–Kier alpha value is -1.26. The van der Waals surface area contributed by atoms with Crippen LogP contribution in [-0.2, 0) is 11.8 Å². The molecule has 4 heteroatoms. The molecule has 1 saturated carbocycles. The Morgan fingerprint density at radius 3 is 3.10 bits per heavy atom. The second-order valence-corrected chi connectivity index (χ2v) is 6.79. The molecule has 106 valence electrons. The Morgan fingerprint density at radius 2 is 2.20 bits per heavy atom. The first-order valence-corrected chi connectivity index (χ1v) is 7.65. The van der Waals surface area contributed by atoms with E-state index in [9.17, 15) is 10.2 Å². The highest BCUT2D eigenvalue weighted by molar-refractivity contribution is 5.60. The van der Waals surface area contributed by atoms with Crippen LogP contribution in [-0.4, -0.2) is 35.0 Å². The fraction of sp³-hybridized carbons (Fsp3) is 0.625. The third-order valence-corrected chi connectivity index (χ3v) is 6.10. The quantitative estimate of drug-likeness (QED) is 0.662. The number of benzene rings is 1. The Kier molecular flexibility index (Phi) is 1.99. The molecule has 4 nitrogen and oxygen atoms in total. The van der Waals surface area contributed by atoms with E-state index in [-0.39, 0.29) is 17.3 Å². The van der Waals surface area contributed by atoms with Crippen LogP contribution in [0.3, 0.4) is 0 Å². The minimum Gasteiger partial charge on any atom is -0.504 e. The lowest BCUT2D eigenvalue weighted by atomic mass is 9.52. The molecule has 20 heavy (non-hydrogen) atoms. The van der Waals surface area contributed by atoms with E-state index in [2.05, 4.69) is 5.32 Å². The Morgan fingerprint density at radius 1 is 1.30 bits per heavy atom. The van der Waals surface area contributed by atoms with Crippen LogP contribution in [0.25, 0.3) is 0 Å². The maximum Gasteiger partial charge on any atom is 0.165 e. The summed E-state index contributed by atoms with van der Waals surface area (Å²) in [4.78, 5) is 0. The van der Waals surface area contributed by atoms with Crippen molar-refractivity contribution >= 4 is 0 Å². The molecule has 2 bridgehead atoms. The summed E-state index contributed by atoms with van der Waals surface area (Å²) < 4.78 is 6.09. The van der Waals surface area contributed by atoms with E-state index in [0.717, 1.165) is 32.2 Å². The minimum atomic E-state index is -0.414. The molecule has 1 saturated heterocycles. The van der Waals surface area contributed by atoms with E-state index in [0.29, 0.717) is 17.7 Å². The van der Waals surface area contributed by atoms with Gasteiger partial charge in [-0.3, -0.25) is 0 Å². The molecule has 5 atom stereocenters. The lowest BCUT2D eigenvalue weighted by Crippen LogP contribution is -2.66. The van der Waals surface area contributed by atoms with Crippen LogP contribution < -0.4 is 10.1 Å². The summed E-state index contributed by atoms with van der Waals surface area (Å²) in [5.74, 6) is 1.41. The van der Waals surface area contributed by atoms with Crippen molar-refractivity contribution in [2.24, 2.45) is 5.92 Å². The van der Waals surface area contributed by atoms with Crippen molar-refractivity contribution in [2.45, 2.75) is 49.3 Å². The molecule has 3 N–H and O–H groups in total. The minimum absolute atomic E-state index is 0.0742. The number of phenolic OH excluding ortho intramolecular Hbond substituents is 1. The predicted octanol–water partition coefficient (Wildman–Crippen LogP) is 1.08. The summed E-state index contributed by atoms with van der Waals surface area (Å²) in [6.07, 6.45) is 3.28. The van der Waals surface area contributed by atoms with Crippen LogP contribution in [0, 0.1) is 5.92 Å². The summed E-state index contributed by atoms with van der Waals surface area (Å²) in [6.45, 7) is 0.974. The second kappa shape index (κ2) is 3.49. The molecule has 2 heterocycles. The Labute approximate surface area is 117 Å². The van der Waals surface area contributed by atoms with Gasteiger partial charge in [-0.25, -0.2) is 0 Å². The summed E-state index contributed by atoms with van der Waals surface area (Å²) in [5, 5.41) is 24.3. The average molecular weight is 273 g/mol. The largest absolute Gasteiger partial charge is 0.504 e. The average Bonchev–Trinajstić information content (AvgIpc) is 2.78. The summed E-state index contributed by atoms with van der Waals surface area (Å²) in [7, 11) is 0. The number of nitrogens with one attached hydrogen (secondary N) is 1. The van der Waals surface area contributed by atoms with E-state index >= 15 is 0 Å². The molecule has 0 aromatic heterocycles. The van der Waals surface area contributed by atoms with Crippen LogP contribution in [0.15, 0.2) is 12.1 Å². The lowest BCUT2D eigenvalue weighted by molar-refractivity contribution is -0.0761. The van der Waals surface area contributed by atoms with Crippen molar-refractivity contribution in [1.82, 2.24) is 5.32 Å². The molecule has 1 aromatic carbocycles. The smallest absolute Gasteiger partial charge is 0.165 e. The van der Waals surface area contributed by atoms with E-state index in [1.807, 2.05) is 6.07 Å². The number of aromatic hydroxyl groups is 1. The van der Waals surface area contributed by atoms with Gasteiger partial charge in [0.1, 0.15) is 6.10 Å². The van der Waals surface area contributed by atoms with Crippen LogP contribution in [0.2, 0.25) is 0 Å². The summed E-state index contributed by atoms with van der Waals surface area (Å²) in [5.41, 5.74) is 2.43. The van der Waals surface area contributed by atoms with Gasteiger partial charge >= 0.3 is 0 Å². The SMILES string of the molecule is Oc1ccc2c3c1O[C@H]1[C@@H](O)CC[C@H]4[C@H](C2)NCC[C@@]341. The van der Waals surface area contributed by atoms with Gasteiger partial charge in [-0.15, -0.1) is 0 Å². The molecular formula is C16H19NO3. The highest BCUT2D eigenvalue weighted by atomic mass is 16.5. The highest BCUT2D eigenvalue weighted by Gasteiger charge is 2.64. The van der Waals surface area contributed by atoms with Gasteiger partial charge in [0, 0.05) is 17.0 Å². The van der Waals surface area contributed by atoms with Crippen molar-refractivity contribution in [3.63, 3.8) is 0 Å². The molecule has 1 aromatic rings. The number of aliphatic hydroxyl groups excluding tert-OH is 1. The summed E-state index contributed by atoms with van der Waals surface area (Å²) >= 11 is 0. The zero-order valence-electron chi connectivity index (χ0n) is 11.3. The number of hydrogen-bond acceptors (Lipinski definition) is 4. The van der Waals surface area contributed by atoms with E-state index in [4.69, 9.17) is 4.74 Å². The summed E-state index contributed by atoms with van der Waals surface area (Å²) in [6, 6.07) is 4.27. The first-order valence-electron chi connectivity index (χ1n) is 7.65. The topological polar surface area (TPSA) is 61.7 Å². The normalized spacial score (nSPS) is 43.9. The molecule has 2 aliphatic heterocycles. The molecule has 2 aliphatic carbocycles. The zero-order chi connectivity index (χ0) is 13.5. The van der Waals surface area contributed by atoms with Crippen LogP contribution in [0.4, 0.5) is 0 Å². The number of rotatable bonds is 0. The standard InChI is InChI=1S/C16H19NO3/c18-11-3-1-8-7-10-9-2-4-12(19)15-16(9,5-6-17-10)13(8)14(11)20-15/h1,3,9-10,12,15,17-19H,2,4-7H2/t9-,10-,12-,15-,16-/m0/s1. The number of hydrogen-bond donors (Lipinski definition) is 3. The van der Waals surface area contributed by atoms with Crippen molar-refractivity contribution in [1.29, 1.82) is 0 Å². The molecule has 5 rings (SSSR count). The van der Waals surface area contributed by atoms with Gasteiger partial charge in [-0.05, 0) is 49.8 Å². The molecule has 0 amide bonds. The van der Waals surface area contributed by atoms with Gasteiger partial charge < -0.3 is 20.3 Å². The van der Waals surface area contributed by atoms with Gasteiger partial charge in [-0.2, -0.15) is 0 Å². The number of piperidine rings is 1. The van der Waals surface area contributed by atoms with E-state index in [1.54, 1.807) is 6.07 Å². The van der Waals surface area contributed by atoms with Gasteiger partial charge in [0.2, 0.25) is 0 Å². The molecule has 2 fully saturated rings. The zero-order valence-corrected chi connectivity index (χ0v) is 11.3. The maximum absolute atomic E-state index is 10.5. The predicted molar refractivity (Wildman–Crippen MR) is 73.0 cm³/mol. The number of aliphatic hydroxyl groups is 1. The van der Waals surface area contributed by atoms with Gasteiger partial charge in [0.05, 0.1) is 6.10 Å². The molecule has 0 radical (unpaired) electrons. The molecule has 1 spiro atoms. The molecule has 0 unspecified atom stereocenters. The van der Waals surface area contributed by atoms with Crippen LogP contribution >= 0.6 is 0 Å². The fourth-order valence-corrected chi connectivity index (χ4v) is 5.43. The molecule has 4 aliphatic rings. The fourth-order valence-electron chi connectivity index (χ4n) is 5.43. The van der Waals surface area contributed by atoms with E-state index in [1.165, 1.54) is 11.1 Å². The Bertz CT molecular complexity index is 602. The van der Waals surface area contributed by atoms with Crippen molar-refractivity contribution in [2.75, 3.05) is 6.54 Å². The maximum atomic E-state index is 10.5. The van der Waals surface area contributed by atoms with Gasteiger partial charge in [-0.1, -0.05) is 6.07 Å². The van der Waals surface area contributed by atoms with Crippen molar-refractivity contribution in [3.05, 3.63) is 23.3 Å². The Balaban J connectivity index is 1.83. The second-order valence-electron chi connectivity index (χ2n) is 6.79. The van der Waals surface area contributed by atoms with Gasteiger partial charge in [0.25, 0.3) is 0 Å².